The molecule has 5 heteroatoms. The number of hydrogen-bond acceptors (Lipinski definition) is 2. The van der Waals surface area contributed by atoms with E-state index in [0.717, 1.165) is 23.3 Å². The zero-order valence-corrected chi connectivity index (χ0v) is 11.7. The highest BCUT2D eigenvalue weighted by atomic mass is 35.5. The Morgan fingerprint density at radius 1 is 1.20 bits per heavy atom. The third kappa shape index (κ3) is 3.33. The largest absolute Gasteiger partial charge is 0.271 e. The van der Waals surface area contributed by atoms with Gasteiger partial charge in [-0.2, -0.15) is 0 Å². The summed E-state index contributed by atoms with van der Waals surface area (Å²) in [6.07, 6.45) is 0.455. The molecule has 20 heavy (non-hydrogen) atoms. The molecule has 3 N–H and O–H groups in total. The van der Waals surface area contributed by atoms with Crippen molar-refractivity contribution in [3.63, 3.8) is 0 Å². The summed E-state index contributed by atoms with van der Waals surface area (Å²) < 4.78 is 27.4. The Bertz CT molecular complexity index is 617. The molecule has 1 atom stereocenters. The van der Waals surface area contributed by atoms with Crippen LogP contribution in [0.1, 0.15) is 22.7 Å². The Morgan fingerprint density at radius 2 is 1.95 bits per heavy atom. The number of aryl methyl sites for hydroxylation is 1. The van der Waals surface area contributed by atoms with Crippen molar-refractivity contribution in [2.24, 2.45) is 5.84 Å². The first-order chi connectivity index (χ1) is 9.51. The fourth-order valence-corrected chi connectivity index (χ4v) is 2.29. The summed E-state index contributed by atoms with van der Waals surface area (Å²) >= 11 is 5.55. The smallest absolute Gasteiger partial charge is 0.142 e. The van der Waals surface area contributed by atoms with E-state index in [1.54, 1.807) is 0 Å². The van der Waals surface area contributed by atoms with Crippen molar-refractivity contribution < 1.29 is 8.78 Å². The SMILES string of the molecule is Cc1cccc(CC(NN)c2cc(F)c(Cl)cc2F)c1. The Hall–Kier alpha value is -1.49. The minimum atomic E-state index is -0.660. The minimum Gasteiger partial charge on any atom is -0.271 e. The van der Waals surface area contributed by atoms with E-state index < -0.39 is 17.7 Å². The zero-order chi connectivity index (χ0) is 14.7. The molecular formula is C15H15ClF2N2. The lowest BCUT2D eigenvalue weighted by atomic mass is 9.98. The molecule has 2 nitrogen and oxygen atoms in total. The van der Waals surface area contributed by atoms with E-state index in [2.05, 4.69) is 5.43 Å². The molecule has 0 aliphatic rings. The van der Waals surface area contributed by atoms with E-state index in [1.807, 2.05) is 31.2 Å². The molecule has 0 bridgehead atoms. The Balaban J connectivity index is 2.31. The molecule has 2 rings (SSSR count). The van der Waals surface area contributed by atoms with Gasteiger partial charge >= 0.3 is 0 Å². The fraction of sp³-hybridized carbons (Fsp3) is 0.200. The van der Waals surface area contributed by atoms with Gasteiger partial charge in [-0.1, -0.05) is 41.4 Å². The first-order valence-electron chi connectivity index (χ1n) is 6.17. The van der Waals surface area contributed by atoms with Crippen molar-refractivity contribution in [3.8, 4) is 0 Å². The summed E-state index contributed by atoms with van der Waals surface area (Å²) in [4.78, 5) is 0. The minimum absolute atomic E-state index is 0.163. The molecule has 0 aliphatic heterocycles. The van der Waals surface area contributed by atoms with Crippen LogP contribution in [0.15, 0.2) is 36.4 Å². The van der Waals surface area contributed by atoms with Gasteiger partial charge in [-0.25, -0.2) is 8.78 Å². The van der Waals surface area contributed by atoms with Crippen LogP contribution in [0.4, 0.5) is 8.78 Å². The van der Waals surface area contributed by atoms with Gasteiger partial charge in [-0.3, -0.25) is 11.3 Å². The van der Waals surface area contributed by atoms with E-state index in [1.165, 1.54) is 0 Å². The second kappa shape index (κ2) is 6.31. The summed E-state index contributed by atoms with van der Waals surface area (Å²) in [5.74, 6) is 4.24. The third-order valence-corrected chi connectivity index (χ3v) is 3.43. The van der Waals surface area contributed by atoms with Gasteiger partial charge in [0, 0.05) is 5.56 Å². The maximum absolute atomic E-state index is 13.9. The number of halogens is 3. The lowest BCUT2D eigenvalue weighted by molar-refractivity contribution is 0.502. The average Bonchev–Trinajstić information content (AvgIpc) is 2.40. The quantitative estimate of drug-likeness (QED) is 0.513. The van der Waals surface area contributed by atoms with Crippen molar-refractivity contribution in [1.29, 1.82) is 0 Å². The van der Waals surface area contributed by atoms with E-state index >= 15 is 0 Å². The number of nitrogens with two attached hydrogens (primary N) is 1. The molecule has 0 spiro atoms. The molecule has 2 aromatic carbocycles. The summed E-state index contributed by atoms with van der Waals surface area (Å²) in [7, 11) is 0. The first-order valence-corrected chi connectivity index (χ1v) is 6.55. The van der Waals surface area contributed by atoms with Crippen LogP contribution in [0, 0.1) is 18.6 Å². The van der Waals surface area contributed by atoms with Crippen LogP contribution in [-0.4, -0.2) is 0 Å². The predicted octanol–water partition coefficient (Wildman–Crippen LogP) is 3.67. The number of hydrazine groups is 1. The summed E-state index contributed by atoms with van der Waals surface area (Å²) in [5.41, 5.74) is 4.77. The van der Waals surface area contributed by atoms with Gasteiger partial charge in [-0.15, -0.1) is 0 Å². The number of hydrogen-bond donors (Lipinski definition) is 2. The summed E-state index contributed by atoms with van der Waals surface area (Å²) in [5, 5.41) is -0.238. The highest BCUT2D eigenvalue weighted by Gasteiger charge is 2.18. The lowest BCUT2D eigenvalue weighted by Gasteiger charge is -2.18. The van der Waals surface area contributed by atoms with Crippen molar-refractivity contribution >= 4 is 11.6 Å². The molecule has 0 saturated carbocycles. The molecule has 0 heterocycles. The van der Waals surface area contributed by atoms with Crippen LogP contribution in [0.5, 0.6) is 0 Å². The third-order valence-electron chi connectivity index (χ3n) is 3.14. The predicted molar refractivity (Wildman–Crippen MR) is 76.3 cm³/mol. The van der Waals surface area contributed by atoms with Gasteiger partial charge < -0.3 is 0 Å². The first kappa shape index (κ1) is 14.9. The van der Waals surface area contributed by atoms with Crippen LogP contribution in [0.2, 0.25) is 5.02 Å². The normalized spacial score (nSPS) is 12.4. The van der Waals surface area contributed by atoms with Gasteiger partial charge in [0.1, 0.15) is 11.6 Å². The van der Waals surface area contributed by atoms with Gasteiger partial charge in [0.15, 0.2) is 0 Å². The van der Waals surface area contributed by atoms with E-state index in [-0.39, 0.29) is 10.6 Å². The van der Waals surface area contributed by atoms with Crippen LogP contribution < -0.4 is 11.3 Å². The highest BCUT2D eigenvalue weighted by Crippen LogP contribution is 2.26. The topological polar surface area (TPSA) is 38.0 Å². The van der Waals surface area contributed by atoms with Crippen LogP contribution >= 0.6 is 11.6 Å². The maximum atomic E-state index is 13.9. The highest BCUT2D eigenvalue weighted by molar-refractivity contribution is 6.30. The Kier molecular flexibility index (Phi) is 4.70. The molecule has 0 saturated heterocycles. The molecule has 0 radical (unpaired) electrons. The zero-order valence-electron chi connectivity index (χ0n) is 11.0. The molecule has 2 aromatic rings. The van der Waals surface area contributed by atoms with Gasteiger partial charge in [-0.05, 0) is 31.0 Å². The molecular weight excluding hydrogens is 282 g/mol. The second-order valence-corrected chi connectivity index (χ2v) is 5.11. The Morgan fingerprint density at radius 3 is 2.60 bits per heavy atom. The molecule has 0 amide bonds. The van der Waals surface area contributed by atoms with Crippen LogP contribution in [0.25, 0.3) is 0 Å². The van der Waals surface area contributed by atoms with Gasteiger partial charge in [0.2, 0.25) is 0 Å². The lowest BCUT2D eigenvalue weighted by Crippen LogP contribution is -2.30. The number of nitrogens with one attached hydrogen (secondary N) is 1. The van der Waals surface area contributed by atoms with Crippen molar-refractivity contribution in [2.75, 3.05) is 0 Å². The van der Waals surface area contributed by atoms with Crippen LogP contribution in [-0.2, 0) is 6.42 Å². The summed E-state index contributed by atoms with van der Waals surface area (Å²) in [6.45, 7) is 1.97. The molecule has 0 aromatic heterocycles. The molecule has 0 aliphatic carbocycles. The van der Waals surface area contributed by atoms with Crippen molar-refractivity contribution in [2.45, 2.75) is 19.4 Å². The van der Waals surface area contributed by atoms with Gasteiger partial charge in [0.05, 0.1) is 11.1 Å². The molecule has 0 fully saturated rings. The standard InChI is InChI=1S/C15H15ClF2N2/c1-9-3-2-4-10(5-9)6-15(20-19)11-7-14(18)12(16)8-13(11)17/h2-5,7-8,15,20H,6,19H2,1H3. The van der Waals surface area contributed by atoms with Crippen molar-refractivity contribution in [3.05, 3.63) is 69.7 Å². The fourth-order valence-electron chi connectivity index (χ4n) is 2.14. The number of rotatable bonds is 4. The molecule has 106 valence electrons. The molecule has 1 unspecified atom stereocenters. The Labute approximate surface area is 121 Å². The van der Waals surface area contributed by atoms with Gasteiger partial charge in [0.25, 0.3) is 0 Å². The van der Waals surface area contributed by atoms with E-state index in [9.17, 15) is 8.78 Å². The van der Waals surface area contributed by atoms with Crippen molar-refractivity contribution in [1.82, 2.24) is 5.43 Å². The summed E-state index contributed by atoms with van der Waals surface area (Å²) in [6, 6.07) is 9.30. The monoisotopic (exact) mass is 296 g/mol. The number of benzene rings is 2. The van der Waals surface area contributed by atoms with Crippen LogP contribution in [0.3, 0.4) is 0 Å². The van der Waals surface area contributed by atoms with E-state index in [4.69, 9.17) is 17.4 Å². The second-order valence-electron chi connectivity index (χ2n) is 4.70. The maximum Gasteiger partial charge on any atom is 0.142 e. The average molecular weight is 297 g/mol. The van der Waals surface area contributed by atoms with E-state index in [0.29, 0.717) is 6.42 Å².